The van der Waals surface area contributed by atoms with Crippen molar-refractivity contribution >= 4 is 17.2 Å². The highest BCUT2D eigenvalue weighted by Crippen LogP contribution is 2.25. The predicted octanol–water partition coefficient (Wildman–Crippen LogP) is 1.51. The van der Waals surface area contributed by atoms with Crippen molar-refractivity contribution in [3.8, 4) is 0 Å². The molecule has 0 fully saturated rings. The minimum atomic E-state index is -0.127. The standard InChI is InChI=1S/C11H19N3OS/c1-8(7-11(15)13-12)14(3)9(2)10-5-4-6-16-10/h4-6,8-9H,7,12H2,1-3H3,(H,13,15). The maximum Gasteiger partial charge on any atom is 0.235 e. The van der Waals surface area contributed by atoms with Gasteiger partial charge in [0.05, 0.1) is 0 Å². The average Bonchev–Trinajstić information content (AvgIpc) is 2.80. The normalized spacial score (nSPS) is 14.8. The molecule has 0 saturated carbocycles. The van der Waals surface area contributed by atoms with Crippen LogP contribution < -0.4 is 11.3 Å². The van der Waals surface area contributed by atoms with Crippen molar-refractivity contribution in [2.24, 2.45) is 5.84 Å². The molecule has 5 heteroatoms. The second-order valence-corrected chi connectivity index (χ2v) is 4.96. The van der Waals surface area contributed by atoms with Crippen LogP contribution in [0.3, 0.4) is 0 Å². The predicted molar refractivity (Wildman–Crippen MR) is 66.9 cm³/mol. The first-order valence-electron chi connectivity index (χ1n) is 5.31. The number of thiophene rings is 1. The van der Waals surface area contributed by atoms with Gasteiger partial charge in [-0.25, -0.2) is 5.84 Å². The maximum absolute atomic E-state index is 11.2. The van der Waals surface area contributed by atoms with E-state index in [1.807, 2.05) is 20.0 Å². The van der Waals surface area contributed by atoms with Gasteiger partial charge in [0.2, 0.25) is 5.91 Å². The highest BCUT2D eigenvalue weighted by Gasteiger charge is 2.19. The zero-order valence-corrected chi connectivity index (χ0v) is 10.8. The summed E-state index contributed by atoms with van der Waals surface area (Å²) in [5.41, 5.74) is 2.16. The van der Waals surface area contributed by atoms with Gasteiger partial charge in [0.15, 0.2) is 0 Å². The Morgan fingerprint density at radius 3 is 2.81 bits per heavy atom. The molecule has 3 N–H and O–H groups in total. The molecule has 1 heterocycles. The van der Waals surface area contributed by atoms with Gasteiger partial charge in [-0.2, -0.15) is 0 Å². The second-order valence-electron chi connectivity index (χ2n) is 3.98. The minimum absolute atomic E-state index is 0.127. The van der Waals surface area contributed by atoms with Crippen molar-refractivity contribution in [2.75, 3.05) is 7.05 Å². The van der Waals surface area contributed by atoms with E-state index in [-0.39, 0.29) is 11.9 Å². The fourth-order valence-electron chi connectivity index (χ4n) is 1.58. The van der Waals surface area contributed by atoms with Crippen molar-refractivity contribution in [3.63, 3.8) is 0 Å². The molecule has 1 amide bonds. The Morgan fingerprint density at radius 2 is 2.31 bits per heavy atom. The molecule has 0 aliphatic carbocycles. The zero-order valence-electron chi connectivity index (χ0n) is 9.93. The summed E-state index contributed by atoms with van der Waals surface area (Å²) >= 11 is 1.73. The molecule has 0 aliphatic rings. The molecule has 16 heavy (non-hydrogen) atoms. The minimum Gasteiger partial charge on any atom is -0.296 e. The molecule has 2 unspecified atom stereocenters. The molecule has 0 saturated heterocycles. The van der Waals surface area contributed by atoms with Crippen molar-refractivity contribution in [2.45, 2.75) is 32.4 Å². The second kappa shape index (κ2) is 5.98. The van der Waals surface area contributed by atoms with Crippen LogP contribution in [0.1, 0.15) is 31.2 Å². The van der Waals surface area contributed by atoms with Gasteiger partial charge in [0.25, 0.3) is 0 Å². The Bertz CT molecular complexity index is 326. The topological polar surface area (TPSA) is 58.4 Å². The number of rotatable bonds is 5. The Kier molecular flexibility index (Phi) is 4.92. The van der Waals surface area contributed by atoms with Gasteiger partial charge in [-0.15, -0.1) is 11.3 Å². The summed E-state index contributed by atoms with van der Waals surface area (Å²) in [6, 6.07) is 4.64. The number of carbonyl (C=O) groups is 1. The third-order valence-corrected chi connectivity index (χ3v) is 3.95. The molecule has 0 aromatic carbocycles. The van der Waals surface area contributed by atoms with E-state index in [4.69, 9.17) is 5.84 Å². The van der Waals surface area contributed by atoms with Crippen molar-refractivity contribution in [1.82, 2.24) is 10.3 Å². The van der Waals surface area contributed by atoms with Crippen molar-refractivity contribution < 1.29 is 4.79 Å². The number of hydrogen-bond acceptors (Lipinski definition) is 4. The maximum atomic E-state index is 11.2. The van der Waals surface area contributed by atoms with Crippen LogP contribution in [0.2, 0.25) is 0 Å². The summed E-state index contributed by atoms with van der Waals surface area (Å²) in [5.74, 6) is 4.95. The lowest BCUT2D eigenvalue weighted by molar-refractivity contribution is -0.122. The molecular formula is C11H19N3OS. The fraction of sp³-hybridized carbons (Fsp3) is 0.545. The van der Waals surface area contributed by atoms with Crippen LogP contribution in [-0.2, 0) is 4.79 Å². The number of carbonyl (C=O) groups excluding carboxylic acids is 1. The molecule has 1 aromatic heterocycles. The molecule has 0 aliphatic heterocycles. The van der Waals surface area contributed by atoms with Gasteiger partial charge in [-0.3, -0.25) is 15.1 Å². The lowest BCUT2D eigenvalue weighted by Crippen LogP contribution is -2.38. The SMILES string of the molecule is CC(CC(=O)NN)N(C)C(C)c1cccs1. The van der Waals surface area contributed by atoms with E-state index in [2.05, 4.69) is 28.7 Å². The summed E-state index contributed by atoms with van der Waals surface area (Å²) in [7, 11) is 2.03. The zero-order chi connectivity index (χ0) is 12.1. The Balaban J connectivity index is 2.56. The molecule has 2 atom stereocenters. The number of amides is 1. The van der Waals surface area contributed by atoms with E-state index >= 15 is 0 Å². The fourth-order valence-corrected chi connectivity index (χ4v) is 2.42. The lowest BCUT2D eigenvalue weighted by Gasteiger charge is -2.29. The highest BCUT2D eigenvalue weighted by molar-refractivity contribution is 7.10. The third-order valence-electron chi connectivity index (χ3n) is 2.90. The average molecular weight is 241 g/mol. The molecule has 90 valence electrons. The molecule has 4 nitrogen and oxygen atoms in total. The first-order valence-corrected chi connectivity index (χ1v) is 6.19. The summed E-state index contributed by atoms with van der Waals surface area (Å²) in [5, 5.41) is 2.07. The molecule has 1 rings (SSSR count). The third kappa shape index (κ3) is 3.30. The van der Waals surface area contributed by atoms with Gasteiger partial charge in [-0.05, 0) is 32.3 Å². The lowest BCUT2D eigenvalue weighted by atomic mass is 10.1. The van der Waals surface area contributed by atoms with Crippen LogP contribution >= 0.6 is 11.3 Å². The van der Waals surface area contributed by atoms with Crippen molar-refractivity contribution in [3.05, 3.63) is 22.4 Å². The summed E-state index contributed by atoms with van der Waals surface area (Å²) in [6.45, 7) is 4.17. The van der Waals surface area contributed by atoms with E-state index in [1.165, 1.54) is 4.88 Å². The number of hydrogen-bond donors (Lipinski definition) is 2. The van der Waals surface area contributed by atoms with E-state index in [0.717, 1.165) is 0 Å². The molecule has 1 aromatic rings. The van der Waals surface area contributed by atoms with E-state index < -0.39 is 0 Å². The van der Waals surface area contributed by atoms with E-state index in [0.29, 0.717) is 12.5 Å². The quantitative estimate of drug-likeness (QED) is 0.467. The van der Waals surface area contributed by atoms with Crippen molar-refractivity contribution in [1.29, 1.82) is 0 Å². The Morgan fingerprint density at radius 1 is 1.62 bits per heavy atom. The van der Waals surface area contributed by atoms with Gasteiger partial charge in [0.1, 0.15) is 0 Å². The number of hydrazine groups is 1. The largest absolute Gasteiger partial charge is 0.296 e. The van der Waals surface area contributed by atoms with Gasteiger partial charge < -0.3 is 0 Å². The monoisotopic (exact) mass is 241 g/mol. The Hall–Kier alpha value is -0.910. The first-order chi connectivity index (χ1) is 7.56. The number of nitrogens with one attached hydrogen (secondary N) is 1. The first kappa shape index (κ1) is 13.2. The van der Waals surface area contributed by atoms with E-state index in [9.17, 15) is 4.79 Å². The van der Waals surface area contributed by atoms with Gasteiger partial charge in [0, 0.05) is 23.4 Å². The van der Waals surface area contributed by atoms with Gasteiger partial charge >= 0.3 is 0 Å². The number of nitrogens with zero attached hydrogens (tertiary/aromatic N) is 1. The summed E-state index contributed by atoms with van der Waals surface area (Å²) < 4.78 is 0. The molecule has 0 bridgehead atoms. The van der Waals surface area contributed by atoms with E-state index in [1.54, 1.807) is 11.3 Å². The number of nitrogens with two attached hydrogens (primary N) is 1. The molecule has 0 radical (unpaired) electrons. The van der Waals surface area contributed by atoms with Crippen LogP contribution in [-0.4, -0.2) is 23.9 Å². The highest BCUT2D eigenvalue weighted by atomic mass is 32.1. The van der Waals surface area contributed by atoms with Crippen LogP contribution in [0.25, 0.3) is 0 Å². The van der Waals surface area contributed by atoms with Gasteiger partial charge in [-0.1, -0.05) is 6.07 Å². The smallest absolute Gasteiger partial charge is 0.235 e. The molecule has 0 spiro atoms. The Labute approximate surface area is 100 Å². The summed E-state index contributed by atoms with van der Waals surface area (Å²) in [6.07, 6.45) is 0.419. The molecular weight excluding hydrogens is 222 g/mol. The van der Waals surface area contributed by atoms with Crippen LogP contribution in [0.15, 0.2) is 17.5 Å². The van der Waals surface area contributed by atoms with Crippen LogP contribution in [0, 0.1) is 0 Å². The van der Waals surface area contributed by atoms with Crippen LogP contribution in [0.4, 0.5) is 0 Å². The van der Waals surface area contributed by atoms with Crippen LogP contribution in [0.5, 0.6) is 0 Å². The summed E-state index contributed by atoms with van der Waals surface area (Å²) in [4.78, 5) is 14.7.